The molecule has 1 aliphatic rings. The molecule has 0 saturated carbocycles. The zero-order chi connectivity index (χ0) is 13.7. The third-order valence-corrected chi connectivity index (χ3v) is 4.52. The Morgan fingerprint density at radius 3 is 2.61 bits per heavy atom. The Hall–Kier alpha value is -1.09. The highest BCUT2D eigenvalue weighted by atomic mass is 79.9. The van der Waals surface area contributed by atoms with E-state index >= 15 is 0 Å². The van der Waals surface area contributed by atoms with Crippen molar-refractivity contribution in [3.63, 3.8) is 0 Å². The molecule has 0 saturated heterocycles. The van der Waals surface area contributed by atoms with Crippen molar-refractivity contribution in [2.75, 3.05) is 11.9 Å². The van der Waals surface area contributed by atoms with Crippen LogP contribution in [0.3, 0.4) is 0 Å². The summed E-state index contributed by atoms with van der Waals surface area (Å²) >= 11 is 3.51. The molecule has 1 heterocycles. The monoisotopic (exact) mass is 307 g/mol. The van der Waals surface area contributed by atoms with Crippen molar-refractivity contribution < 1.29 is 4.79 Å². The van der Waals surface area contributed by atoms with Crippen LogP contribution in [0.1, 0.15) is 43.1 Å². The fourth-order valence-electron chi connectivity index (χ4n) is 2.46. The van der Waals surface area contributed by atoms with Gasteiger partial charge in [-0.3, -0.25) is 4.79 Å². The first kappa shape index (κ1) is 13.3. The Balaban J connectivity index is 2.66. The van der Waals surface area contributed by atoms with Crippen molar-refractivity contribution >= 4 is 27.4 Å². The molecule has 96 valence electrons. The van der Waals surface area contributed by atoms with Gasteiger partial charge < -0.3 is 4.90 Å². The molecule has 3 heteroatoms. The van der Waals surface area contributed by atoms with Crippen LogP contribution in [0.4, 0.5) is 5.69 Å². The Bertz CT molecular complexity index is 546. The van der Waals surface area contributed by atoms with E-state index in [9.17, 15) is 4.79 Å². The third kappa shape index (κ3) is 1.72. The normalized spacial score (nSPS) is 16.9. The minimum Gasteiger partial charge on any atom is -0.348 e. The summed E-state index contributed by atoms with van der Waals surface area (Å²) in [7, 11) is 2.00. The number of anilines is 1. The van der Waals surface area contributed by atoms with Gasteiger partial charge in [0, 0.05) is 40.3 Å². The molecule has 1 aromatic carbocycles. The predicted molar refractivity (Wildman–Crippen MR) is 79.3 cm³/mol. The molecule has 0 atom stereocenters. The topological polar surface area (TPSA) is 20.3 Å². The average molecular weight is 308 g/mol. The van der Waals surface area contributed by atoms with Crippen molar-refractivity contribution in [1.29, 1.82) is 0 Å². The Labute approximate surface area is 117 Å². The number of fused-ring (bicyclic) bond motifs is 1. The Morgan fingerprint density at radius 2 is 2.06 bits per heavy atom. The van der Waals surface area contributed by atoms with Crippen molar-refractivity contribution in [2.45, 2.75) is 32.6 Å². The van der Waals surface area contributed by atoms with E-state index in [4.69, 9.17) is 0 Å². The fourth-order valence-corrected chi connectivity index (χ4v) is 3.03. The number of carbonyl (C=O) groups is 1. The molecule has 0 radical (unpaired) electrons. The van der Waals surface area contributed by atoms with E-state index in [1.807, 2.05) is 20.0 Å². The van der Waals surface area contributed by atoms with Gasteiger partial charge in [-0.2, -0.15) is 0 Å². The number of nitrogens with zero attached hydrogens (tertiary/aromatic N) is 1. The van der Waals surface area contributed by atoms with Crippen LogP contribution < -0.4 is 4.90 Å². The van der Waals surface area contributed by atoms with E-state index < -0.39 is 0 Å². The van der Waals surface area contributed by atoms with Crippen LogP contribution in [0.5, 0.6) is 0 Å². The highest BCUT2D eigenvalue weighted by molar-refractivity contribution is 9.10. The minimum atomic E-state index is -0.0829. The molecule has 0 amide bonds. The Morgan fingerprint density at radius 1 is 1.44 bits per heavy atom. The molecule has 0 fully saturated rings. The second-order valence-corrected chi connectivity index (χ2v) is 6.11. The van der Waals surface area contributed by atoms with Crippen LogP contribution in [0.25, 0.3) is 0 Å². The maximum Gasteiger partial charge on any atom is 0.163 e. The van der Waals surface area contributed by atoms with E-state index in [1.54, 1.807) is 0 Å². The first-order valence-electron chi connectivity index (χ1n) is 6.11. The maximum atomic E-state index is 11.9. The highest BCUT2D eigenvalue weighted by Crippen LogP contribution is 2.47. The summed E-state index contributed by atoms with van der Waals surface area (Å²) in [5.41, 5.74) is 4.04. The molecule has 18 heavy (non-hydrogen) atoms. The molecule has 0 N–H and O–H groups in total. The zero-order valence-electron chi connectivity index (χ0n) is 11.3. The van der Waals surface area contributed by atoms with Gasteiger partial charge in [0.15, 0.2) is 5.78 Å². The van der Waals surface area contributed by atoms with Crippen LogP contribution in [0.2, 0.25) is 0 Å². The lowest BCUT2D eigenvalue weighted by Gasteiger charge is -2.22. The van der Waals surface area contributed by atoms with Crippen LogP contribution in [-0.2, 0) is 5.41 Å². The first-order chi connectivity index (χ1) is 8.30. The van der Waals surface area contributed by atoms with E-state index in [1.165, 1.54) is 5.56 Å². The van der Waals surface area contributed by atoms with Gasteiger partial charge in [0.2, 0.25) is 0 Å². The van der Waals surface area contributed by atoms with E-state index in [0.29, 0.717) is 6.42 Å². The first-order valence-corrected chi connectivity index (χ1v) is 6.90. The number of rotatable bonds is 2. The van der Waals surface area contributed by atoms with Crippen LogP contribution in [-0.4, -0.2) is 12.8 Å². The fraction of sp³-hybridized carbons (Fsp3) is 0.400. The molecule has 1 aromatic rings. The minimum absolute atomic E-state index is 0.0829. The largest absolute Gasteiger partial charge is 0.348 e. The van der Waals surface area contributed by atoms with Gasteiger partial charge in [0.05, 0.1) is 0 Å². The van der Waals surface area contributed by atoms with Gasteiger partial charge >= 0.3 is 0 Å². The molecule has 0 spiro atoms. The number of hydrogen-bond acceptors (Lipinski definition) is 2. The number of hydrogen-bond donors (Lipinski definition) is 0. The summed E-state index contributed by atoms with van der Waals surface area (Å²) in [6.07, 6.45) is 0.519. The molecule has 0 unspecified atom stereocenters. The molecule has 0 aliphatic carbocycles. The van der Waals surface area contributed by atoms with E-state index in [-0.39, 0.29) is 11.2 Å². The Kier molecular flexibility index (Phi) is 3.14. The number of ketones is 1. The smallest absolute Gasteiger partial charge is 0.163 e. The van der Waals surface area contributed by atoms with Crippen molar-refractivity contribution in [1.82, 2.24) is 0 Å². The van der Waals surface area contributed by atoms with Gasteiger partial charge in [0.1, 0.15) is 0 Å². The number of allylic oxidation sites excluding steroid dienone is 1. The van der Waals surface area contributed by atoms with Crippen molar-refractivity contribution in [2.24, 2.45) is 0 Å². The van der Waals surface area contributed by atoms with Crippen molar-refractivity contribution in [3.05, 3.63) is 40.0 Å². The second kappa shape index (κ2) is 4.23. The van der Waals surface area contributed by atoms with Gasteiger partial charge in [-0.1, -0.05) is 43.3 Å². The molecule has 0 aromatic heterocycles. The summed E-state index contributed by atoms with van der Waals surface area (Å²) in [6, 6.07) is 4.04. The highest BCUT2D eigenvalue weighted by Gasteiger charge is 2.38. The molecule has 2 rings (SSSR count). The number of likely N-dealkylation sites (N-methyl/N-ethyl adjacent to an activating group) is 1. The molecular formula is C15H18BrNO. The SMILES string of the molecule is C=C1N(C)c2cc(C(=O)CC)c(Br)cc2C1(C)C. The second-order valence-electron chi connectivity index (χ2n) is 5.26. The molecule has 0 bridgehead atoms. The number of carbonyl (C=O) groups excluding carboxylic acids is 1. The van der Waals surface area contributed by atoms with Gasteiger partial charge in [-0.05, 0) is 17.7 Å². The predicted octanol–water partition coefficient (Wildman–Crippen LogP) is 4.28. The zero-order valence-corrected chi connectivity index (χ0v) is 12.9. The van der Waals surface area contributed by atoms with E-state index in [0.717, 1.165) is 21.4 Å². The van der Waals surface area contributed by atoms with E-state index in [2.05, 4.69) is 47.3 Å². The average Bonchev–Trinajstić information content (AvgIpc) is 2.49. The molecule has 2 nitrogen and oxygen atoms in total. The lowest BCUT2D eigenvalue weighted by molar-refractivity contribution is 0.0987. The third-order valence-electron chi connectivity index (χ3n) is 3.87. The van der Waals surface area contributed by atoms with Gasteiger partial charge in [-0.25, -0.2) is 0 Å². The van der Waals surface area contributed by atoms with Crippen LogP contribution >= 0.6 is 15.9 Å². The van der Waals surface area contributed by atoms with Crippen molar-refractivity contribution in [3.8, 4) is 0 Å². The summed E-state index contributed by atoms with van der Waals surface area (Å²) in [4.78, 5) is 14.0. The summed E-state index contributed by atoms with van der Waals surface area (Å²) in [5, 5.41) is 0. The summed E-state index contributed by atoms with van der Waals surface area (Å²) in [5.74, 6) is 0.161. The number of halogens is 1. The number of benzene rings is 1. The number of Topliss-reactive ketones (excluding diaryl/α,β-unsaturated/α-hetero) is 1. The van der Waals surface area contributed by atoms with Crippen LogP contribution in [0.15, 0.2) is 28.9 Å². The van der Waals surface area contributed by atoms with Crippen LogP contribution in [0, 0.1) is 0 Å². The van der Waals surface area contributed by atoms with Gasteiger partial charge in [-0.15, -0.1) is 0 Å². The lowest BCUT2D eigenvalue weighted by Crippen LogP contribution is -2.21. The molecule has 1 aliphatic heterocycles. The lowest BCUT2D eigenvalue weighted by atomic mass is 9.84. The maximum absolute atomic E-state index is 11.9. The standard InChI is InChI=1S/C15H18BrNO/c1-6-14(18)10-7-13-11(8-12(10)16)15(3,4)9(2)17(13)5/h7-8H,2,6H2,1,3-5H3. The quantitative estimate of drug-likeness (QED) is 0.760. The summed E-state index contributed by atoms with van der Waals surface area (Å²) in [6.45, 7) is 10.4. The van der Waals surface area contributed by atoms with Gasteiger partial charge in [0.25, 0.3) is 0 Å². The molecular weight excluding hydrogens is 290 g/mol. The summed E-state index contributed by atoms with van der Waals surface area (Å²) < 4.78 is 0.879.